The van der Waals surface area contributed by atoms with Crippen LogP contribution in [0.25, 0.3) is 0 Å². The second-order valence-electron chi connectivity index (χ2n) is 6.92. The molecule has 26 heavy (non-hydrogen) atoms. The van der Waals surface area contributed by atoms with Crippen LogP contribution >= 0.6 is 0 Å². The van der Waals surface area contributed by atoms with Gasteiger partial charge in [0.15, 0.2) is 0 Å². The van der Waals surface area contributed by atoms with Gasteiger partial charge >= 0.3 is 0 Å². The summed E-state index contributed by atoms with van der Waals surface area (Å²) in [5.74, 6) is -0.0216. The predicted octanol–water partition coefficient (Wildman–Crippen LogP) is 0.771. The van der Waals surface area contributed by atoms with E-state index in [0.717, 1.165) is 24.0 Å². The molecule has 0 N–H and O–H groups in total. The summed E-state index contributed by atoms with van der Waals surface area (Å²) in [7, 11) is -3.59. The Hall–Kier alpha value is -1.48. The molecule has 3 aliphatic heterocycles. The highest BCUT2D eigenvalue weighted by Crippen LogP contribution is 2.29. The fourth-order valence-corrected chi connectivity index (χ4v) is 5.55. The van der Waals surface area contributed by atoms with E-state index in [9.17, 15) is 13.2 Å². The SMILES string of the molecule is O=C(C1CCCO1)N1CCc2cccc(S(=O)(=O)N3CCOCC3)c2C1. The van der Waals surface area contributed by atoms with Gasteiger partial charge in [0.2, 0.25) is 10.0 Å². The van der Waals surface area contributed by atoms with Crippen molar-refractivity contribution in [2.75, 3.05) is 39.5 Å². The van der Waals surface area contributed by atoms with Gasteiger partial charge < -0.3 is 14.4 Å². The minimum Gasteiger partial charge on any atom is -0.379 e. The van der Waals surface area contributed by atoms with Crippen LogP contribution in [0, 0.1) is 0 Å². The van der Waals surface area contributed by atoms with Crippen molar-refractivity contribution in [3.8, 4) is 0 Å². The maximum atomic E-state index is 13.1. The van der Waals surface area contributed by atoms with Crippen molar-refractivity contribution >= 4 is 15.9 Å². The number of ether oxygens (including phenoxy) is 2. The number of nitrogens with zero attached hydrogens (tertiary/aromatic N) is 2. The third kappa shape index (κ3) is 3.26. The standard InChI is InChI=1S/C18H24N2O5S/c21-18(16-4-2-10-25-16)19-7-6-14-3-1-5-17(15(14)13-19)26(22,23)20-8-11-24-12-9-20/h1,3,5,16H,2,4,6-13H2. The first-order valence-corrected chi connectivity index (χ1v) is 10.6. The van der Waals surface area contributed by atoms with Gasteiger partial charge in [-0.05, 0) is 36.5 Å². The molecule has 0 spiro atoms. The third-order valence-electron chi connectivity index (χ3n) is 5.33. The van der Waals surface area contributed by atoms with Crippen molar-refractivity contribution in [1.82, 2.24) is 9.21 Å². The van der Waals surface area contributed by atoms with E-state index in [4.69, 9.17) is 9.47 Å². The molecule has 1 aromatic carbocycles. The van der Waals surface area contributed by atoms with Crippen molar-refractivity contribution in [1.29, 1.82) is 0 Å². The Balaban J connectivity index is 1.62. The van der Waals surface area contributed by atoms with E-state index in [1.165, 1.54) is 4.31 Å². The number of carbonyl (C=O) groups excluding carboxylic acids is 1. The summed E-state index contributed by atoms with van der Waals surface area (Å²) in [5.41, 5.74) is 1.76. The minimum absolute atomic E-state index is 0.0216. The van der Waals surface area contributed by atoms with Crippen LogP contribution in [-0.2, 0) is 37.3 Å². The van der Waals surface area contributed by atoms with Gasteiger partial charge in [-0.3, -0.25) is 4.79 Å². The molecule has 3 aliphatic rings. The summed E-state index contributed by atoms with van der Waals surface area (Å²) in [6, 6.07) is 5.41. The number of hydrogen-bond donors (Lipinski definition) is 0. The van der Waals surface area contributed by atoms with Crippen LogP contribution in [0.1, 0.15) is 24.0 Å². The molecule has 7 nitrogen and oxygen atoms in total. The number of fused-ring (bicyclic) bond motifs is 1. The lowest BCUT2D eigenvalue weighted by Gasteiger charge is -2.33. The fraction of sp³-hybridized carbons (Fsp3) is 0.611. The molecule has 0 radical (unpaired) electrons. The second-order valence-corrected chi connectivity index (χ2v) is 8.83. The summed E-state index contributed by atoms with van der Waals surface area (Å²) in [6.45, 7) is 3.11. The lowest BCUT2D eigenvalue weighted by atomic mass is 9.99. The van der Waals surface area contributed by atoms with E-state index < -0.39 is 10.0 Å². The highest BCUT2D eigenvalue weighted by Gasteiger charge is 2.34. The molecule has 0 saturated carbocycles. The van der Waals surface area contributed by atoms with Crippen LogP contribution < -0.4 is 0 Å². The van der Waals surface area contributed by atoms with Crippen LogP contribution in [-0.4, -0.2) is 69.1 Å². The number of morpholine rings is 1. The summed E-state index contributed by atoms with van der Waals surface area (Å²) < 4.78 is 38.5. The smallest absolute Gasteiger partial charge is 0.252 e. The number of sulfonamides is 1. The molecule has 2 saturated heterocycles. The molecule has 0 aromatic heterocycles. The van der Waals surface area contributed by atoms with Gasteiger partial charge in [0, 0.05) is 32.8 Å². The first-order chi connectivity index (χ1) is 12.6. The third-order valence-corrected chi connectivity index (χ3v) is 7.32. The molecule has 1 amide bonds. The second kappa shape index (κ2) is 7.26. The zero-order valence-corrected chi connectivity index (χ0v) is 15.5. The van der Waals surface area contributed by atoms with Gasteiger partial charge in [-0.2, -0.15) is 4.31 Å². The van der Waals surface area contributed by atoms with Crippen molar-refractivity contribution in [3.05, 3.63) is 29.3 Å². The Bertz CT molecular complexity index is 783. The minimum atomic E-state index is -3.59. The van der Waals surface area contributed by atoms with E-state index in [2.05, 4.69) is 0 Å². The van der Waals surface area contributed by atoms with Crippen molar-refractivity contribution < 1.29 is 22.7 Å². The number of benzene rings is 1. The summed E-state index contributed by atoms with van der Waals surface area (Å²) >= 11 is 0. The van der Waals surface area contributed by atoms with Crippen LogP contribution in [0.2, 0.25) is 0 Å². The molecule has 0 bridgehead atoms. The number of carbonyl (C=O) groups is 1. The average molecular weight is 380 g/mol. The Morgan fingerprint density at radius 1 is 1.12 bits per heavy atom. The topological polar surface area (TPSA) is 76.2 Å². The normalized spacial score (nSPS) is 24.5. The van der Waals surface area contributed by atoms with E-state index in [1.54, 1.807) is 17.0 Å². The van der Waals surface area contributed by atoms with Gasteiger partial charge in [0.05, 0.1) is 18.1 Å². The van der Waals surface area contributed by atoms with E-state index in [0.29, 0.717) is 57.3 Å². The zero-order chi connectivity index (χ0) is 18.1. The molecule has 8 heteroatoms. The highest BCUT2D eigenvalue weighted by atomic mass is 32.2. The fourth-order valence-electron chi connectivity index (χ4n) is 3.88. The van der Waals surface area contributed by atoms with Gasteiger partial charge in [-0.15, -0.1) is 0 Å². The average Bonchev–Trinajstić information content (AvgIpc) is 3.22. The first-order valence-electron chi connectivity index (χ1n) is 9.16. The van der Waals surface area contributed by atoms with Crippen LogP contribution in [0.3, 0.4) is 0 Å². The molecule has 3 heterocycles. The van der Waals surface area contributed by atoms with Gasteiger partial charge in [0.1, 0.15) is 6.10 Å². The molecule has 4 rings (SSSR count). The van der Waals surface area contributed by atoms with E-state index in [-0.39, 0.29) is 12.0 Å². The molecule has 2 fully saturated rings. The van der Waals surface area contributed by atoms with Gasteiger partial charge in [-0.25, -0.2) is 8.42 Å². The monoisotopic (exact) mass is 380 g/mol. The summed E-state index contributed by atoms with van der Waals surface area (Å²) in [4.78, 5) is 14.8. The predicted molar refractivity (Wildman–Crippen MR) is 94.1 cm³/mol. The molecular weight excluding hydrogens is 356 g/mol. The van der Waals surface area contributed by atoms with Crippen molar-refractivity contribution in [3.63, 3.8) is 0 Å². The lowest BCUT2D eigenvalue weighted by molar-refractivity contribution is -0.141. The molecule has 1 atom stereocenters. The lowest BCUT2D eigenvalue weighted by Crippen LogP contribution is -2.44. The number of rotatable bonds is 3. The molecule has 1 aromatic rings. The quantitative estimate of drug-likeness (QED) is 0.774. The van der Waals surface area contributed by atoms with Crippen LogP contribution in [0.4, 0.5) is 0 Å². The van der Waals surface area contributed by atoms with E-state index >= 15 is 0 Å². The number of hydrogen-bond acceptors (Lipinski definition) is 5. The van der Waals surface area contributed by atoms with Gasteiger partial charge in [0.25, 0.3) is 5.91 Å². The molecular formula is C18H24N2O5S. The first kappa shape index (κ1) is 17.9. The summed E-state index contributed by atoms with van der Waals surface area (Å²) in [5, 5.41) is 0. The van der Waals surface area contributed by atoms with Gasteiger partial charge in [-0.1, -0.05) is 12.1 Å². The summed E-state index contributed by atoms with van der Waals surface area (Å²) in [6.07, 6.45) is 1.94. The Morgan fingerprint density at radius 2 is 1.92 bits per heavy atom. The Labute approximate surface area is 153 Å². The van der Waals surface area contributed by atoms with Crippen LogP contribution in [0.5, 0.6) is 0 Å². The maximum absolute atomic E-state index is 13.1. The van der Waals surface area contributed by atoms with E-state index in [1.807, 2.05) is 6.07 Å². The maximum Gasteiger partial charge on any atom is 0.252 e. The Morgan fingerprint density at radius 3 is 2.65 bits per heavy atom. The molecule has 142 valence electrons. The molecule has 1 unspecified atom stereocenters. The Kier molecular flexibility index (Phi) is 5.00. The largest absolute Gasteiger partial charge is 0.379 e. The van der Waals surface area contributed by atoms with Crippen molar-refractivity contribution in [2.45, 2.75) is 36.8 Å². The number of amides is 1. The molecule has 0 aliphatic carbocycles. The van der Waals surface area contributed by atoms with Crippen LogP contribution in [0.15, 0.2) is 23.1 Å². The zero-order valence-electron chi connectivity index (χ0n) is 14.7. The van der Waals surface area contributed by atoms with Crippen molar-refractivity contribution in [2.24, 2.45) is 0 Å². The highest BCUT2D eigenvalue weighted by molar-refractivity contribution is 7.89.